The van der Waals surface area contributed by atoms with E-state index in [-0.39, 0.29) is 55.4 Å². The van der Waals surface area contributed by atoms with E-state index in [1.165, 1.54) is 18.3 Å². The average molecular weight is 673 g/mol. The van der Waals surface area contributed by atoms with Gasteiger partial charge in [0.2, 0.25) is 5.91 Å². The number of aromatic nitrogens is 1. The van der Waals surface area contributed by atoms with E-state index in [9.17, 15) is 18.8 Å². The molecule has 50 heavy (non-hydrogen) atoms. The van der Waals surface area contributed by atoms with Crippen LogP contribution in [0.3, 0.4) is 0 Å². The molecule has 0 saturated carbocycles. The molecule has 3 N–H and O–H groups in total. The minimum Gasteiger partial charge on any atom is -0.491 e. The smallest absolute Gasteiger partial charge is 0.319 e. The van der Waals surface area contributed by atoms with Crippen molar-refractivity contribution in [3.63, 3.8) is 0 Å². The van der Waals surface area contributed by atoms with E-state index in [1.807, 2.05) is 71.6 Å². The number of carbonyl (C=O) groups excluding carboxylic acids is 3. The van der Waals surface area contributed by atoms with Crippen molar-refractivity contribution in [3.8, 4) is 16.9 Å². The number of nitrogens with one attached hydrogen (secondary N) is 3. The van der Waals surface area contributed by atoms with E-state index in [4.69, 9.17) is 4.74 Å². The Kier molecular flexibility index (Phi) is 9.65. The van der Waals surface area contributed by atoms with Crippen LogP contribution in [-0.2, 0) is 11.3 Å². The van der Waals surface area contributed by atoms with E-state index in [0.29, 0.717) is 48.6 Å². The number of rotatable bonds is 4. The van der Waals surface area contributed by atoms with Crippen molar-refractivity contribution in [1.29, 1.82) is 0 Å². The van der Waals surface area contributed by atoms with Crippen LogP contribution in [-0.4, -0.2) is 77.5 Å². The van der Waals surface area contributed by atoms with Crippen molar-refractivity contribution in [2.24, 2.45) is 0 Å². The Hall–Kier alpha value is -5.81. The summed E-state index contributed by atoms with van der Waals surface area (Å²) in [6.07, 6.45) is 3.70. The second kappa shape index (κ2) is 14.8. The first kappa shape index (κ1) is 32.7. The van der Waals surface area contributed by atoms with Crippen molar-refractivity contribution >= 4 is 34.3 Å². The zero-order valence-electron chi connectivity index (χ0n) is 27.3. The van der Waals surface area contributed by atoms with Crippen molar-refractivity contribution in [3.05, 3.63) is 126 Å². The maximum absolute atomic E-state index is 14.1. The molecule has 0 unspecified atom stereocenters. The van der Waals surface area contributed by atoms with E-state index < -0.39 is 0 Å². The summed E-state index contributed by atoms with van der Waals surface area (Å²) in [7, 11) is 0. The number of fused-ring (bicyclic) bond motifs is 7. The molecule has 4 amide bonds. The molecular formula is C39H37FN6O4. The summed E-state index contributed by atoms with van der Waals surface area (Å²) in [4.78, 5) is 48.3. The quantitative estimate of drug-likeness (QED) is 0.234. The minimum atomic E-state index is -0.365. The minimum absolute atomic E-state index is 0.0193. The van der Waals surface area contributed by atoms with Gasteiger partial charge in [0.1, 0.15) is 18.2 Å². The van der Waals surface area contributed by atoms with Crippen LogP contribution in [0.15, 0.2) is 109 Å². The number of hydrogen-bond donors (Lipinski definition) is 3. The van der Waals surface area contributed by atoms with Crippen LogP contribution in [0.25, 0.3) is 21.9 Å². The number of anilines is 1. The topological polar surface area (TPSA) is 116 Å². The molecular weight excluding hydrogens is 635 g/mol. The summed E-state index contributed by atoms with van der Waals surface area (Å²) in [5, 5.41) is 11.0. The first-order valence-electron chi connectivity index (χ1n) is 16.7. The van der Waals surface area contributed by atoms with Crippen molar-refractivity contribution in [2.75, 3.05) is 38.1 Å². The molecule has 1 saturated heterocycles. The fourth-order valence-corrected chi connectivity index (χ4v) is 6.60. The van der Waals surface area contributed by atoms with Gasteiger partial charge >= 0.3 is 6.03 Å². The highest BCUT2D eigenvalue weighted by molar-refractivity contribution is 5.95. The van der Waals surface area contributed by atoms with Crippen molar-refractivity contribution in [2.45, 2.75) is 25.0 Å². The van der Waals surface area contributed by atoms with Gasteiger partial charge in [-0.3, -0.25) is 19.5 Å². The molecule has 7 rings (SSSR count). The monoisotopic (exact) mass is 672 g/mol. The van der Waals surface area contributed by atoms with Gasteiger partial charge in [0.25, 0.3) is 5.91 Å². The van der Waals surface area contributed by atoms with E-state index in [1.54, 1.807) is 29.3 Å². The summed E-state index contributed by atoms with van der Waals surface area (Å²) in [5.74, 6) is -0.207. The van der Waals surface area contributed by atoms with Gasteiger partial charge in [-0.2, -0.15) is 0 Å². The molecule has 254 valence electrons. The number of ether oxygens (including phenoxy) is 1. The van der Waals surface area contributed by atoms with Gasteiger partial charge in [0.05, 0.1) is 24.2 Å². The van der Waals surface area contributed by atoms with Crippen molar-refractivity contribution < 1.29 is 23.5 Å². The molecule has 4 aromatic carbocycles. The lowest BCUT2D eigenvalue weighted by Gasteiger charge is -2.29. The van der Waals surface area contributed by atoms with Crippen LogP contribution in [0.2, 0.25) is 0 Å². The second-order valence-electron chi connectivity index (χ2n) is 12.7. The highest BCUT2D eigenvalue weighted by Crippen LogP contribution is 2.26. The Balaban J connectivity index is 1.12. The molecule has 1 fully saturated rings. The lowest BCUT2D eigenvalue weighted by Crippen LogP contribution is -2.47. The standard InChI is InChI=1S/C39H37FN6O4/c40-32-9-3-5-26(15-32)22-45-14-13-42-38(48)31-16-30(20-41-21-31)29-8-4-10-36(18-29)50-25-35-19-34(23-46(35)37(47)24-45)44-39(49)43-33-12-11-27-6-1-2-7-28(27)17-33/h1-12,15-18,20-21,34-35H,13-14,19,22-25H2,(H,42,48)(H2,43,44,49)/t34-,35+/m1/s1. The Morgan fingerprint density at radius 3 is 2.62 bits per heavy atom. The number of amides is 4. The van der Waals surface area contributed by atoms with Crippen LogP contribution in [0, 0.1) is 5.82 Å². The first-order valence-corrected chi connectivity index (χ1v) is 16.7. The predicted octanol–water partition coefficient (Wildman–Crippen LogP) is 5.46. The van der Waals surface area contributed by atoms with Crippen LogP contribution in [0.5, 0.6) is 5.75 Å². The molecule has 10 nitrogen and oxygen atoms in total. The van der Waals surface area contributed by atoms with Gasteiger partial charge in [0.15, 0.2) is 0 Å². The predicted molar refractivity (Wildman–Crippen MR) is 189 cm³/mol. The number of hydrogen-bond acceptors (Lipinski definition) is 6. The fourth-order valence-electron chi connectivity index (χ4n) is 6.60. The van der Waals surface area contributed by atoms with E-state index >= 15 is 0 Å². The summed E-state index contributed by atoms with van der Waals surface area (Å²) < 4.78 is 20.4. The van der Waals surface area contributed by atoms with Gasteiger partial charge in [-0.1, -0.05) is 54.6 Å². The number of nitrogens with zero attached hydrogens (tertiary/aromatic N) is 3. The molecule has 2 atom stereocenters. The van der Waals surface area contributed by atoms with Crippen LogP contribution in [0.1, 0.15) is 22.3 Å². The number of halogens is 1. The highest BCUT2D eigenvalue weighted by atomic mass is 19.1. The highest BCUT2D eigenvalue weighted by Gasteiger charge is 2.37. The average Bonchev–Trinajstić information content (AvgIpc) is 3.52. The van der Waals surface area contributed by atoms with Gasteiger partial charge in [0, 0.05) is 49.8 Å². The number of pyridine rings is 1. The molecule has 0 aliphatic carbocycles. The molecule has 2 aliphatic rings. The Labute approximate surface area is 289 Å². The van der Waals surface area contributed by atoms with Gasteiger partial charge in [-0.25, -0.2) is 9.18 Å². The van der Waals surface area contributed by atoms with E-state index in [2.05, 4.69) is 20.9 Å². The molecule has 11 heteroatoms. The van der Waals surface area contributed by atoms with Crippen molar-refractivity contribution in [1.82, 2.24) is 25.4 Å². The Bertz CT molecular complexity index is 2040. The van der Waals surface area contributed by atoms with E-state index in [0.717, 1.165) is 21.9 Å². The van der Waals surface area contributed by atoms with Gasteiger partial charge in [-0.15, -0.1) is 0 Å². The number of carbonyl (C=O) groups is 3. The SMILES string of the molecule is O=C(Nc1ccc2ccccc2c1)N[C@@H]1C[C@H]2COc3cccc(c3)-c3cncc(c3)C(=O)NCCN(Cc3cccc(F)c3)CC(=O)N2C1. The zero-order valence-corrected chi connectivity index (χ0v) is 27.3. The van der Waals surface area contributed by atoms with Gasteiger partial charge < -0.3 is 25.6 Å². The Morgan fingerprint density at radius 1 is 0.900 bits per heavy atom. The molecule has 0 radical (unpaired) electrons. The molecule has 5 aromatic rings. The summed E-state index contributed by atoms with van der Waals surface area (Å²) in [5.41, 5.74) is 3.38. The summed E-state index contributed by atoms with van der Waals surface area (Å²) in [6, 6.07) is 28.2. The Morgan fingerprint density at radius 2 is 1.74 bits per heavy atom. The van der Waals surface area contributed by atoms with Gasteiger partial charge in [-0.05, 0) is 70.8 Å². The zero-order chi connectivity index (χ0) is 34.5. The lowest BCUT2D eigenvalue weighted by molar-refractivity contribution is -0.134. The lowest BCUT2D eigenvalue weighted by atomic mass is 10.1. The number of benzene rings is 4. The molecule has 2 aliphatic heterocycles. The molecule has 4 bridgehead atoms. The third kappa shape index (κ3) is 7.90. The molecule has 3 heterocycles. The molecule has 1 aromatic heterocycles. The largest absolute Gasteiger partial charge is 0.491 e. The maximum atomic E-state index is 14.1. The second-order valence-corrected chi connectivity index (χ2v) is 12.7. The normalized spacial score (nSPS) is 18.5. The summed E-state index contributed by atoms with van der Waals surface area (Å²) in [6.45, 7) is 1.42. The third-order valence-electron chi connectivity index (χ3n) is 9.06. The van der Waals surface area contributed by atoms with Crippen LogP contribution in [0.4, 0.5) is 14.9 Å². The van der Waals surface area contributed by atoms with Crippen LogP contribution >= 0.6 is 0 Å². The maximum Gasteiger partial charge on any atom is 0.319 e. The third-order valence-corrected chi connectivity index (χ3v) is 9.06. The number of urea groups is 1. The first-order chi connectivity index (χ1) is 24.4. The fraction of sp³-hybridized carbons (Fsp3) is 0.231. The van der Waals surface area contributed by atoms with Crippen LogP contribution < -0.4 is 20.7 Å². The summed E-state index contributed by atoms with van der Waals surface area (Å²) >= 11 is 0. The molecule has 0 spiro atoms.